The van der Waals surface area contributed by atoms with Crippen molar-refractivity contribution in [2.45, 2.75) is 32.4 Å². The fourth-order valence-corrected chi connectivity index (χ4v) is 3.44. The van der Waals surface area contributed by atoms with Crippen LogP contribution < -0.4 is 5.32 Å². The van der Waals surface area contributed by atoms with Crippen molar-refractivity contribution in [2.75, 3.05) is 13.6 Å². The number of carbonyl (C=O) groups excluding carboxylic acids is 2. The number of nitrogens with one attached hydrogen (secondary N) is 1. The molecule has 1 N–H and O–H groups in total. The van der Waals surface area contributed by atoms with Crippen LogP contribution in [0.3, 0.4) is 0 Å². The summed E-state index contributed by atoms with van der Waals surface area (Å²) in [4.78, 5) is 30.6. The van der Waals surface area contributed by atoms with Crippen molar-refractivity contribution < 1.29 is 9.59 Å². The Hall–Kier alpha value is -2.63. The van der Waals surface area contributed by atoms with E-state index in [0.29, 0.717) is 6.54 Å². The van der Waals surface area contributed by atoms with Gasteiger partial charge < -0.3 is 14.8 Å². The van der Waals surface area contributed by atoms with Gasteiger partial charge >= 0.3 is 0 Å². The van der Waals surface area contributed by atoms with Crippen LogP contribution >= 0.6 is 0 Å². The number of imidazole rings is 1. The molecule has 1 aliphatic rings. The number of hydrogen-bond donors (Lipinski definition) is 1. The van der Waals surface area contributed by atoms with Gasteiger partial charge in [-0.15, -0.1) is 0 Å². The van der Waals surface area contributed by atoms with Gasteiger partial charge in [0.05, 0.1) is 12.0 Å². The molecule has 6 nitrogen and oxygen atoms in total. The summed E-state index contributed by atoms with van der Waals surface area (Å²) in [5, 5.41) is 3.00. The Balaban J connectivity index is 1.58. The zero-order valence-electron chi connectivity index (χ0n) is 14.7. The molecule has 0 radical (unpaired) electrons. The summed E-state index contributed by atoms with van der Waals surface area (Å²) in [5.41, 5.74) is 1.00. The van der Waals surface area contributed by atoms with Crippen LogP contribution in [-0.2, 0) is 16.1 Å². The SMILES string of the molecule is Cc1nccn1CCCNC(=O)[C@@H]1CC(=O)N(C)[C@@H]1c1ccccc1. The van der Waals surface area contributed by atoms with E-state index in [1.54, 1.807) is 18.1 Å². The first-order valence-electron chi connectivity index (χ1n) is 8.64. The van der Waals surface area contributed by atoms with E-state index in [9.17, 15) is 9.59 Å². The first-order valence-corrected chi connectivity index (χ1v) is 8.64. The van der Waals surface area contributed by atoms with Gasteiger partial charge in [-0.3, -0.25) is 9.59 Å². The normalized spacial score (nSPS) is 20.1. The van der Waals surface area contributed by atoms with Crippen LogP contribution in [0.1, 0.15) is 30.3 Å². The van der Waals surface area contributed by atoms with Gasteiger partial charge in [0.15, 0.2) is 0 Å². The highest BCUT2D eigenvalue weighted by Crippen LogP contribution is 2.36. The minimum atomic E-state index is -0.338. The summed E-state index contributed by atoms with van der Waals surface area (Å²) in [6, 6.07) is 9.57. The number of rotatable bonds is 6. The summed E-state index contributed by atoms with van der Waals surface area (Å²) in [6.45, 7) is 3.37. The van der Waals surface area contributed by atoms with Gasteiger partial charge in [0, 0.05) is 39.0 Å². The van der Waals surface area contributed by atoms with Gasteiger partial charge in [-0.2, -0.15) is 0 Å². The van der Waals surface area contributed by atoms with Gasteiger partial charge in [-0.25, -0.2) is 4.98 Å². The van der Waals surface area contributed by atoms with E-state index < -0.39 is 0 Å². The van der Waals surface area contributed by atoms with Crippen molar-refractivity contribution in [1.29, 1.82) is 0 Å². The lowest BCUT2D eigenvalue weighted by atomic mass is 9.93. The molecule has 1 aromatic carbocycles. The fourth-order valence-electron chi connectivity index (χ4n) is 3.44. The first-order chi connectivity index (χ1) is 12.1. The van der Waals surface area contributed by atoms with E-state index >= 15 is 0 Å². The van der Waals surface area contributed by atoms with Crippen molar-refractivity contribution in [3.05, 3.63) is 54.1 Å². The summed E-state index contributed by atoms with van der Waals surface area (Å²) >= 11 is 0. The first kappa shape index (κ1) is 17.2. The van der Waals surface area contributed by atoms with E-state index in [1.165, 1.54) is 0 Å². The number of aryl methyl sites for hydroxylation is 2. The number of carbonyl (C=O) groups is 2. The maximum Gasteiger partial charge on any atom is 0.226 e. The second-order valence-corrected chi connectivity index (χ2v) is 6.48. The summed E-state index contributed by atoms with van der Waals surface area (Å²) in [6.07, 6.45) is 4.81. The molecule has 25 heavy (non-hydrogen) atoms. The molecule has 2 atom stereocenters. The predicted molar refractivity (Wildman–Crippen MR) is 94.7 cm³/mol. The molecule has 2 heterocycles. The van der Waals surface area contributed by atoms with Gasteiger partial charge in [-0.1, -0.05) is 30.3 Å². The number of benzene rings is 1. The maximum atomic E-state index is 12.6. The summed E-state index contributed by atoms with van der Waals surface area (Å²) in [5.74, 6) is 0.602. The minimum absolute atomic E-state index is 0.0167. The van der Waals surface area contributed by atoms with E-state index in [2.05, 4.69) is 14.9 Å². The molecule has 1 aliphatic heterocycles. The molecule has 0 aliphatic carbocycles. The van der Waals surface area contributed by atoms with Crippen molar-refractivity contribution in [3.8, 4) is 0 Å². The molecule has 2 aromatic rings. The molecule has 1 fully saturated rings. The average Bonchev–Trinajstić information content (AvgIpc) is 3.16. The topological polar surface area (TPSA) is 67.2 Å². The molecular weight excluding hydrogens is 316 g/mol. The molecule has 1 aromatic heterocycles. The molecule has 3 rings (SSSR count). The minimum Gasteiger partial charge on any atom is -0.356 e. The molecule has 2 amide bonds. The fraction of sp³-hybridized carbons (Fsp3) is 0.421. The highest BCUT2D eigenvalue weighted by Gasteiger charge is 2.42. The lowest BCUT2D eigenvalue weighted by Gasteiger charge is -2.25. The number of amides is 2. The predicted octanol–water partition coefficient (Wildman–Crippen LogP) is 1.92. The maximum absolute atomic E-state index is 12.6. The molecule has 0 spiro atoms. The Morgan fingerprint density at radius 2 is 2.08 bits per heavy atom. The molecule has 1 saturated heterocycles. The lowest BCUT2D eigenvalue weighted by molar-refractivity contribution is -0.128. The van der Waals surface area contributed by atoms with E-state index in [0.717, 1.165) is 24.4 Å². The van der Waals surface area contributed by atoms with E-state index in [-0.39, 0.29) is 30.2 Å². The van der Waals surface area contributed by atoms with Crippen molar-refractivity contribution in [1.82, 2.24) is 19.8 Å². The van der Waals surface area contributed by atoms with Crippen molar-refractivity contribution in [2.24, 2.45) is 5.92 Å². The summed E-state index contributed by atoms with van der Waals surface area (Å²) in [7, 11) is 1.77. The quantitative estimate of drug-likeness (QED) is 0.817. The van der Waals surface area contributed by atoms with Crippen LogP contribution in [0.25, 0.3) is 0 Å². The van der Waals surface area contributed by atoms with Gasteiger partial charge in [0.1, 0.15) is 5.82 Å². The van der Waals surface area contributed by atoms with Crippen molar-refractivity contribution >= 4 is 11.8 Å². The number of nitrogens with zero attached hydrogens (tertiary/aromatic N) is 3. The van der Waals surface area contributed by atoms with Crippen LogP contribution in [0.4, 0.5) is 0 Å². The third-order valence-corrected chi connectivity index (χ3v) is 4.86. The second kappa shape index (κ2) is 7.51. The van der Waals surface area contributed by atoms with Crippen molar-refractivity contribution in [3.63, 3.8) is 0 Å². The van der Waals surface area contributed by atoms with Crippen LogP contribution in [0, 0.1) is 12.8 Å². The van der Waals surface area contributed by atoms with Crippen LogP contribution in [0.2, 0.25) is 0 Å². The average molecular weight is 340 g/mol. The molecule has 0 saturated carbocycles. The Bertz CT molecular complexity index is 741. The van der Waals surface area contributed by atoms with E-state index in [4.69, 9.17) is 0 Å². The number of aromatic nitrogens is 2. The van der Waals surface area contributed by atoms with Crippen LogP contribution in [0.5, 0.6) is 0 Å². The van der Waals surface area contributed by atoms with Gasteiger partial charge in [0.2, 0.25) is 11.8 Å². The Kier molecular flexibility index (Phi) is 5.16. The highest BCUT2D eigenvalue weighted by molar-refractivity contribution is 5.90. The van der Waals surface area contributed by atoms with Crippen LogP contribution in [-0.4, -0.2) is 39.9 Å². The molecule has 132 valence electrons. The smallest absolute Gasteiger partial charge is 0.226 e. The van der Waals surface area contributed by atoms with Gasteiger partial charge in [-0.05, 0) is 18.9 Å². The van der Waals surface area contributed by atoms with Crippen LogP contribution in [0.15, 0.2) is 42.7 Å². The molecule has 0 unspecified atom stereocenters. The highest BCUT2D eigenvalue weighted by atomic mass is 16.2. The molecule has 6 heteroatoms. The largest absolute Gasteiger partial charge is 0.356 e. The summed E-state index contributed by atoms with van der Waals surface area (Å²) < 4.78 is 2.06. The standard InChI is InChI=1S/C19H24N4O2/c1-14-20-10-12-23(14)11-6-9-21-19(25)16-13-17(24)22(2)18(16)15-7-4-3-5-8-15/h3-5,7-8,10,12,16,18H,6,9,11,13H2,1-2H3,(H,21,25)/t16-,18-/m1/s1. The zero-order chi connectivity index (χ0) is 17.8. The molecular formula is C19H24N4O2. The lowest BCUT2D eigenvalue weighted by Crippen LogP contribution is -2.35. The van der Waals surface area contributed by atoms with Gasteiger partial charge in [0.25, 0.3) is 0 Å². The van der Waals surface area contributed by atoms with E-state index in [1.807, 2.05) is 43.5 Å². The third kappa shape index (κ3) is 3.73. The number of hydrogen-bond acceptors (Lipinski definition) is 3. The third-order valence-electron chi connectivity index (χ3n) is 4.86. The Morgan fingerprint density at radius 1 is 1.32 bits per heavy atom. The zero-order valence-corrected chi connectivity index (χ0v) is 14.7. The Labute approximate surface area is 147 Å². The Morgan fingerprint density at radius 3 is 2.76 bits per heavy atom. The number of likely N-dealkylation sites (tertiary alicyclic amines) is 1. The monoisotopic (exact) mass is 340 g/mol. The molecule has 0 bridgehead atoms. The second-order valence-electron chi connectivity index (χ2n) is 6.48.